The number of nitrogens with one attached hydrogen (secondary N) is 1. The van der Waals surface area contributed by atoms with Crippen LogP contribution in [0.3, 0.4) is 0 Å². The van der Waals surface area contributed by atoms with E-state index in [9.17, 15) is 5.11 Å². The van der Waals surface area contributed by atoms with E-state index < -0.39 is 0 Å². The van der Waals surface area contributed by atoms with Gasteiger partial charge < -0.3 is 24.6 Å². The fourth-order valence-electron chi connectivity index (χ4n) is 3.94. The lowest BCUT2D eigenvalue weighted by Crippen LogP contribution is -2.35. The molecule has 2 N–H and O–H groups in total. The molecule has 0 saturated carbocycles. The molecule has 5 nitrogen and oxygen atoms in total. The minimum atomic E-state index is -0.272. The van der Waals surface area contributed by atoms with Crippen molar-refractivity contribution in [2.24, 2.45) is 5.41 Å². The summed E-state index contributed by atoms with van der Waals surface area (Å²) in [4.78, 5) is 0. The van der Waals surface area contributed by atoms with Crippen molar-refractivity contribution in [1.82, 2.24) is 5.32 Å². The molecule has 0 amide bonds. The van der Waals surface area contributed by atoms with Gasteiger partial charge in [-0.15, -0.1) is 0 Å². The fourth-order valence-corrected chi connectivity index (χ4v) is 3.94. The molecule has 0 aromatic heterocycles. The summed E-state index contributed by atoms with van der Waals surface area (Å²) < 4.78 is 16.2. The lowest BCUT2D eigenvalue weighted by molar-refractivity contribution is 0.126. The molecule has 1 heterocycles. The van der Waals surface area contributed by atoms with Gasteiger partial charge in [0.25, 0.3) is 0 Å². The third kappa shape index (κ3) is 3.50. The highest BCUT2D eigenvalue weighted by Crippen LogP contribution is 2.44. The molecule has 2 atom stereocenters. The van der Waals surface area contributed by atoms with E-state index in [2.05, 4.69) is 17.4 Å². The van der Waals surface area contributed by atoms with Gasteiger partial charge in [0.1, 0.15) is 5.75 Å². The molecule has 2 aromatic rings. The molecule has 0 radical (unpaired) electrons. The molecule has 0 spiro atoms. The summed E-state index contributed by atoms with van der Waals surface area (Å²) in [5.41, 5.74) is 2.03. The van der Waals surface area contributed by atoms with Crippen LogP contribution in [0.4, 0.5) is 0 Å². The van der Waals surface area contributed by atoms with Crippen LogP contribution in [0.1, 0.15) is 17.0 Å². The Hall–Kier alpha value is -2.24. The molecule has 5 heteroatoms. The first-order chi connectivity index (χ1) is 12.7. The summed E-state index contributed by atoms with van der Waals surface area (Å²) in [6, 6.07) is 14.1. The molecule has 1 aliphatic rings. The van der Waals surface area contributed by atoms with Crippen LogP contribution in [0.25, 0.3) is 0 Å². The number of benzene rings is 2. The molecular formula is C21H27NO4. The van der Waals surface area contributed by atoms with E-state index >= 15 is 0 Å². The minimum absolute atomic E-state index is 0.107. The van der Waals surface area contributed by atoms with Crippen LogP contribution in [0.2, 0.25) is 0 Å². The molecule has 2 aromatic carbocycles. The van der Waals surface area contributed by atoms with Gasteiger partial charge in [0.05, 0.1) is 27.9 Å². The SMILES string of the molecule is COc1cccc(CC2(CO)CNCC2c2ccc(OC)c(OC)c2)c1. The first-order valence-electron chi connectivity index (χ1n) is 8.82. The Morgan fingerprint density at radius 3 is 2.54 bits per heavy atom. The summed E-state index contributed by atoms with van der Waals surface area (Å²) in [5.74, 6) is 2.44. The zero-order valence-corrected chi connectivity index (χ0v) is 15.6. The van der Waals surface area contributed by atoms with Gasteiger partial charge in [0.15, 0.2) is 11.5 Å². The largest absolute Gasteiger partial charge is 0.497 e. The number of aliphatic hydroxyl groups is 1. The smallest absolute Gasteiger partial charge is 0.160 e. The Bertz CT molecular complexity index is 749. The minimum Gasteiger partial charge on any atom is -0.497 e. The highest BCUT2D eigenvalue weighted by atomic mass is 16.5. The van der Waals surface area contributed by atoms with Crippen LogP contribution in [0.15, 0.2) is 42.5 Å². The highest BCUT2D eigenvalue weighted by Gasteiger charge is 2.43. The Labute approximate surface area is 154 Å². The molecule has 3 rings (SSSR count). The van der Waals surface area contributed by atoms with Crippen molar-refractivity contribution >= 4 is 0 Å². The number of hydrogen-bond donors (Lipinski definition) is 2. The molecule has 1 fully saturated rings. The summed E-state index contributed by atoms with van der Waals surface area (Å²) in [6.07, 6.45) is 0.771. The lowest BCUT2D eigenvalue weighted by atomic mass is 9.71. The van der Waals surface area contributed by atoms with Crippen molar-refractivity contribution in [3.05, 3.63) is 53.6 Å². The molecule has 0 bridgehead atoms. The van der Waals surface area contributed by atoms with Crippen LogP contribution in [-0.2, 0) is 6.42 Å². The van der Waals surface area contributed by atoms with E-state index in [1.54, 1.807) is 21.3 Å². The van der Waals surface area contributed by atoms with Crippen LogP contribution in [0.5, 0.6) is 17.2 Å². The van der Waals surface area contributed by atoms with Gasteiger partial charge in [-0.2, -0.15) is 0 Å². The summed E-state index contributed by atoms with van der Waals surface area (Å²) in [6.45, 7) is 1.69. The number of rotatable bonds is 7. The Kier molecular flexibility index (Phi) is 5.69. The van der Waals surface area contributed by atoms with E-state index in [4.69, 9.17) is 14.2 Å². The van der Waals surface area contributed by atoms with E-state index in [0.29, 0.717) is 11.5 Å². The standard InChI is InChI=1S/C21H27NO4/c1-24-17-6-4-5-15(9-17)11-21(14-23)13-22-12-18(21)16-7-8-19(25-2)20(10-16)26-3/h4-10,18,22-23H,11-14H2,1-3H3. The number of aliphatic hydroxyl groups excluding tert-OH is 1. The second kappa shape index (κ2) is 7.98. The third-order valence-corrected chi connectivity index (χ3v) is 5.38. The fraction of sp³-hybridized carbons (Fsp3) is 0.429. The lowest BCUT2D eigenvalue weighted by Gasteiger charge is -2.33. The van der Waals surface area contributed by atoms with E-state index in [0.717, 1.165) is 36.4 Å². The third-order valence-electron chi connectivity index (χ3n) is 5.38. The Balaban J connectivity index is 1.93. The summed E-state index contributed by atoms with van der Waals surface area (Å²) in [7, 11) is 4.95. The van der Waals surface area contributed by atoms with Crippen molar-refractivity contribution in [2.75, 3.05) is 41.0 Å². The average Bonchev–Trinajstić information content (AvgIpc) is 3.11. The second-order valence-electron chi connectivity index (χ2n) is 6.85. The number of ether oxygens (including phenoxy) is 3. The normalized spacial score (nSPS) is 22.2. The van der Waals surface area contributed by atoms with E-state index in [-0.39, 0.29) is 17.9 Å². The maximum absolute atomic E-state index is 10.3. The monoisotopic (exact) mass is 357 g/mol. The highest BCUT2D eigenvalue weighted by molar-refractivity contribution is 5.45. The van der Waals surface area contributed by atoms with Crippen molar-refractivity contribution in [1.29, 1.82) is 0 Å². The van der Waals surface area contributed by atoms with Crippen molar-refractivity contribution in [3.63, 3.8) is 0 Å². The molecule has 1 saturated heterocycles. The zero-order chi connectivity index (χ0) is 18.6. The molecule has 0 aliphatic carbocycles. The average molecular weight is 357 g/mol. The predicted octanol–water partition coefficient (Wildman–Crippen LogP) is 2.62. The maximum atomic E-state index is 10.3. The van der Waals surface area contributed by atoms with Gasteiger partial charge in [-0.1, -0.05) is 18.2 Å². The quantitative estimate of drug-likeness (QED) is 0.798. The van der Waals surface area contributed by atoms with Gasteiger partial charge in [-0.3, -0.25) is 0 Å². The van der Waals surface area contributed by atoms with Gasteiger partial charge in [0, 0.05) is 24.4 Å². The van der Waals surface area contributed by atoms with Gasteiger partial charge >= 0.3 is 0 Å². The van der Waals surface area contributed by atoms with Gasteiger partial charge in [-0.05, 0) is 41.8 Å². The second-order valence-corrected chi connectivity index (χ2v) is 6.85. The van der Waals surface area contributed by atoms with Crippen LogP contribution in [-0.4, -0.2) is 46.1 Å². The zero-order valence-electron chi connectivity index (χ0n) is 15.6. The van der Waals surface area contributed by atoms with Crippen molar-refractivity contribution in [2.45, 2.75) is 12.3 Å². The van der Waals surface area contributed by atoms with Crippen LogP contribution < -0.4 is 19.5 Å². The molecular weight excluding hydrogens is 330 g/mol. The topological polar surface area (TPSA) is 60.0 Å². The predicted molar refractivity (Wildman–Crippen MR) is 101 cm³/mol. The molecule has 140 valence electrons. The van der Waals surface area contributed by atoms with Crippen LogP contribution >= 0.6 is 0 Å². The van der Waals surface area contributed by atoms with Gasteiger partial charge in [0.2, 0.25) is 0 Å². The Morgan fingerprint density at radius 2 is 1.85 bits per heavy atom. The molecule has 26 heavy (non-hydrogen) atoms. The summed E-state index contributed by atoms with van der Waals surface area (Å²) >= 11 is 0. The maximum Gasteiger partial charge on any atom is 0.160 e. The first-order valence-corrected chi connectivity index (χ1v) is 8.82. The van der Waals surface area contributed by atoms with Gasteiger partial charge in [-0.25, -0.2) is 0 Å². The van der Waals surface area contributed by atoms with E-state index in [1.165, 1.54) is 0 Å². The first kappa shape index (κ1) is 18.5. The van der Waals surface area contributed by atoms with E-state index in [1.807, 2.05) is 30.3 Å². The van der Waals surface area contributed by atoms with Crippen LogP contribution in [0, 0.1) is 5.41 Å². The Morgan fingerprint density at radius 1 is 1.04 bits per heavy atom. The number of methoxy groups -OCH3 is 3. The van der Waals surface area contributed by atoms with Crippen molar-refractivity contribution in [3.8, 4) is 17.2 Å². The molecule has 2 unspecified atom stereocenters. The van der Waals surface area contributed by atoms with Crippen molar-refractivity contribution < 1.29 is 19.3 Å². The number of hydrogen-bond acceptors (Lipinski definition) is 5. The molecule has 1 aliphatic heterocycles. The summed E-state index contributed by atoms with van der Waals surface area (Å²) in [5, 5.41) is 13.8.